The zero-order valence-corrected chi connectivity index (χ0v) is 17.7. The standard InChI is InChI=1S/C21H30N4O4/c1-5-28-20(26)17-13(3)22-14(4)18(21(27)29-6-2)19(17)16-12-25(24-23-16)15-10-8-7-9-11-15/h12,15,19,22H,5-11H2,1-4H3. The lowest BCUT2D eigenvalue weighted by molar-refractivity contribution is -0.139. The monoisotopic (exact) mass is 402 g/mol. The van der Waals surface area contributed by atoms with Crippen molar-refractivity contribution >= 4 is 11.9 Å². The molecule has 158 valence electrons. The Morgan fingerprint density at radius 1 is 1.03 bits per heavy atom. The number of carbonyl (C=O) groups is 2. The predicted molar refractivity (Wildman–Crippen MR) is 107 cm³/mol. The van der Waals surface area contributed by atoms with Crippen LogP contribution in [0, 0.1) is 0 Å². The number of rotatable bonds is 6. The summed E-state index contributed by atoms with van der Waals surface area (Å²) in [5.74, 6) is -1.61. The molecule has 1 aromatic heterocycles. The van der Waals surface area contributed by atoms with Crippen molar-refractivity contribution in [3.8, 4) is 0 Å². The van der Waals surface area contributed by atoms with E-state index in [0.717, 1.165) is 12.8 Å². The van der Waals surface area contributed by atoms with Crippen molar-refractivity contribution in [2.75, 3.05) is 13.2 Å². The summed E-state index contributed by atoms with van der Waals surface area (Å²) in [6.07, 6.45) is 7.59. The average molecular weight is 402 g/mol. The number of nitrogens with one attached hydrogen (secondary N) is 1. The summed E-state index contributed by atoms with van der Waals surface area (Å²) in [5.41, 5.74) is 2.59. The number of dihydropyridines is 1. The lowest BCUT2D eigenvalue weighted by Crippen LogP contribution is -2.32. The van der Waals surface area contributed by atoms with Crippen molar-refractivity contribution < 1.29 is 19.1 Å². The molecule has 0 aromatic carbocycles. The molecule has 2 heterocycles. The molecule has 8 heteroatoms. The second-order valence-electron chi connectivity index (χ2n) is 7.49. The Kier molecular flexibility index (Phi) is 6.71. The smallest absolute Gasteiger partial charge is 0.336 e. The third-order valence-corrected chi connectivity index (χ3v) is 5.52. The maximum atomic E-state index is 12.8. The van der Waals surface area contributed by atoms with E-state index in [2.05, 4.69) is 15.6 Å². The van der Waals surface area contributed by atoms with Crippen LogP contribution in [0.5, 0.6) is 0 Å². The number of hydrogen-bond acceptors (Lipinski definition) is 7. The second-order valence-corrected chi connectivity index (χ2v) is 7.49. The van der Waals surface area contributed by atoms with Gasteiger partial charge in [0.2, 0.25) is 0 Å². The van der Waals surface area contributed by atoms with Crippen LogP contribution in [0.3, 0.4) is 0 Å². The van der Waals surface area contributed by atoms with E-state index in [1.807, 2.05) is 10.9 Å². The second kappa shape index (κ2) is 9.24. The molecule has 1 aromatic rings. The van der Waals surface area contributed by atoms with Crippen LogP contribution in [0.15, 0.2) is 28.7 Å². The molecular weight excluding hydrogens is 372 g/mol. The third kappa shape index (κ3) is 4.36. The van der Waals surface area contributed by atoms with Crippen LogP contribution in [0.2, 0.25) is 0 Å². The summed E-state index contributed by atoms with van der Waals surface area (Å²) in [6.45, 7) is 7.60. The Balaban J connectivity index is 2.04. The number of nitrogens with zero attached hydrogens (tertiary/aromatic N) is 3. The van der Waals surface area contributed by atoms with Crippen LogP contribution in [-0.2, 0) is 19.1 Å². The molecule has 0 spiro atoms. The zero-order chi connectivity index (χ0) is 21.0. The first-order chi connectivity index (χ1) is 14.0. The Bertz CT molecular complexity index is 793. The summed E-state index contributed by atoms with van der Waals surface area (Å²) in [5, 5.41) is 11.8. The Morgan fingerprint density at radius 2 is 1.59 bits per heavy atom. The van der Waals surface area contributed by atoms with E-state index >= 15 is 0 Å². The fraction of sp³-hybridized carbons (Fsp3) is 0.619. The quantitative estimate of drug-likeness (QED) is 0.730. The van der Waals surface area contributed by atoms with Crippen LogP contribution in [0.1, 0.15) is 77.5 Å². The van der Waals surface area contributed by atoms with Gasteiger partial charge in [-0.3, -0.25) is 0 Å². The van der Waals surface area contributed by atoms with Crippen LogP contribution in [0.25, 0.3) is 0 Å². The molecule has 8 nitrogen and oxygen atoms in total. The van der Waals surface area contributed by atoms with E-state index in [0.29, 0.717) is 34.3 Å². The summed E-state index contributed by atoms with van der Waals surface area (Å²) in [4.78, 5) is 25.6. The minimum atomic E-state index is -0.674. The minimum absolute atomic E-state index is 0.245. The molecule has 1 N–H and O–H groups in total. The van der Waals surface area contributed by atoms with Crippen LogP contribution in [-0.4, -0.2) is 40.1 Å². The Hall–Kier alpha value is -2.64. The topological polar surface area (TPSA) is 95.3 Å². The molecule has 0 radical (unpaired) electrons. The van der Waals surface area contributed by atoms with Gasteiger partial charge >= 0.3 is 11.9 Å². The molecule has 29 heavy (non-hydrogen) atoms. The molecule has 1 saturated carbocycles. The summed E-state index contributed by atoms with van der Waals surface area (Å²) in [7, 11) is 0. The molecule has 0 amide bonds. The Labute approximate surface area is 171 Å². The van der Waals surface area contributed by atoms with Gasteiger partial charge in [0.15, 0.2) is 0 Å². The SMILES string of the molecule is CCOC(=O)C1=C(C)NC(C)=C(C(=O)OCC)C1c1cn(C2CCCCC2)nn1. The van der Waals surface area contributed by atoms with Gasteiger partial charge in [-0.05, 0) is 40.5 Å². The summed E-state index contributed by atoms with van der Waals surface area (Å²) < 4.78 is 12.4. The number of allylic oxidation sites excluding steroid dienone is 2. The number of esters is 2. The molecule has 0 bridgehead atoms. The number of ether oxygens (including phenoxy) is 2. The lowest BCUT2D eigenvalue weighted by atomic mass is 9.83. The van der Waals surface area contributed by atoms with E-state index in [1.54, 1.807) is 27.7 Å². The molecule has 1 aliphatic heterocycles. The predicted octanol–water partition coefficient (Wildman–Crippen LogP) is 3.14. The van der Waals surface area contributed by atoms with Crippen molar-refractivity contribution in [1.82, 2.24) is 20.3 Å². The molecule has 0 atom stereocenters. The first kappa shape index (κ1) is 21.1. The number of carbonyl (C=O) groups excluding carboxylic acids is 2. The molecule has 3 rings (SSSR count). The van der Waals surface area contributed by atoms with Crippen molar-refractivity contribution in [1.29, 1.82) is 0 Å². The largest absolute Gasteiger partial charge is 0.463 e. The maximum absolute atomic E-state index is 12.8. The lowest BCUT2D eigenvalue weighted by Gasteiger charge is -2.29. The Morgan fingerprint density at radius 3 is 2.10 bits per heavy atom. The first-order valence-electron chi connectivity index (χ1n) is 10.4. The minimum Gasteiger partial charge on any atom is -0.463 e. The number of hydrogen-bond donors (Lipinski definition) is 1. The highest BCUT2D eigenvalue weighted by Crippen LogP contribution is 2.39. The van der Waals surface area contributed by atoms with Gasteiger partial charge in [-0.1, -0.05) is 24.5 Å². The molecule has 0 saturated heterocycles. The first-order valence-corrected chi connectivity index (χ1v) is 10.4. The van der Waals surface area contributed by atoms with Gasteiger partial charge in [0.05, 0.1) is 42.0 Å². The van der Waals surface area contributed by atoms with E-state index in [-0.39, 0.29) is 13.2 Å². The van der Waals surface area contributed by atoms with Gasteiger partial charge in [-0.15, -0.1) is 5.10 Å². The van der Waals surface area contributed by atoms with Crippen molar-refractivity contribution in [2.24, 2.45) is 0 Å². The highest BCUT2D eigenvalue weighted by molar-refractivity contribution is 5.99. The van der Waals surface area contributed by atoms with E-state index < -0.39 is 17.9 Å². The van der Waals surface area contributed by atoms with Crippen molar-refractivity contribution in [3.63, 3.8) is 0 Å². The van der Waals surface area contributed by atoms with Gasteiger partial charge < -0.3 is 14.8 Å². The van der Waals surface area contributed by atoms with Crippen LogP contribution >= 0.6 is 0 Å². The molecule has 1 aliphatic carbocycles. The van der Waals surface area contributed by atoms with Gasteiger partial charge in [0.25, 0.3) is 0 Å². The summed E-state index contributed by atoms with van der Waals surface area (Å²) >= 11 is 0. The van der Waals surface area contributed by atoms with Crippen LogP contribution in [0.4, 0.5) is 0 Å². The fourth-order valence-corrected chi connectivity index (χ4v) is 4.20. The highest BCUT2D eigenvalue weighted by Gasteiger charge is 2.39. The maximum Gasteiger partial charge on any atom is 0.336 e. The zero-order valence-electron chi connectivity index (χ0n) is 17.7. The van der Waals surface area contributed by atoms with Gasteiger partial charge in [0.1, 0.15) is 0 Å². The van der Waals surface area contributed by atoms with Gasteiger partial charge in [-0.2, -0.15) is 0 Å². The van der Waals surface area contributed by atoms with Gasteiger partial charge in [0, 0.05) is 17.6 Å². The van der Waals surface area contributed by atoms with Crippen molar-refractivity contribution in [3.05, 3.63) is 34.4 Å². The van der Waals surface area contributed by atoms with E-state index in [9.17, 15) is 9.59 Å². The fourth-order valence-electron chi connectivity index (χ4n) is 4.20. The van der Waals surface area contributed by atoms with E-state index in [1.165, 1.54) is 19.3 Å². The molecule has 2 aliphatic rings. The average Bonchev–Trinajstić information content (AvgIpc) is 3.18. The van der Waals surface area contributed by atoms with Crippen molar-refractivity contribution in [2.45, 2.75) is 71.8 Å². The highest BCUT2D eigenvalue weighted by atomic mass is 16.5. The third-order valence-electron chi connectivity index (χ3n) is 5.52. The number of aromatic nitrogens is 3. The normalized spacial score (nSPS) is 18.6. The molecule has 1 fully saturated rings. The van der Waals surface area contributed by atoms with Gasteiger partial charge in [-0.25, -0.2) is 14.3 Å². The summed E-state index contributed by atoms with van der Waals surface area (Å²) in [6, 6.07) is 0.305. The van der Waals surface area contributed by atoms with E-state index in [4.69, 9.17) is 9.47 Å². The molecule has 0 unspecified atom stereocenters. The molecular formula is C21H30N4O4. The van der Waals surface area contributed by atoms with Crippen LogP contribution < -0.4 is 5.32 Å².